The van der Waals surface area contributed by atoms with E-state index < -0.39 is 24.1 Å². The summed E-state index contributed by atoms with van der Waals surface area (Å²) in [5, 5.41) is 27.5. The van der Waals surface area contributed by atoms with Gasteiger partial charge in [0.1, 0.15) is 6.10 Å². The molecule has 1 aromatic heterocycles. The lowest BCUT2D eigenvalue weighted by Crippen LogP contribution is -2.32. The fourth-order valence-corrected chi connectivity index (χ4v) is 1.96. The Labute approximate surface area is 102 Å². The molecule has 1 aliphatic heterocycles. The third-order valence-electron chi connectivity index (χ3n) is 2.88. The fourth-order valence-electron chi connectivity index (χ4n) is 1.96. The fraction of sp³-hybridized carbons (Fsp3) is 0.600. The summed E-state index contributed by atoms with van der Waals surface area (Å²) in [5.74, 6) is 0.0578. The monoisotopic (exact) mass is 257 g/mol. The van der Waals surface area contributed by atoms with Crippen molar-refractivity contribution in [2.45, 2.75) is 31.8 Å². The minimum atomic E-state index is -0.881. The lowest BCUT2D eigenvalue weighted by atomic mass is 10.2. The lowest BCUT2D eigenvalue weighted by Gasteiger charge is -2.18. The predicted octanol–water partition coefficient (Wildman–Crippen LogP) is -1.01. The van der Waals surface area contributed by atoms with E-state index in [0.29, 0.717) is 5.56 Å². The molecule has 0 unspecified atom stereocenters. The molecule has 0 amide bonds. The van der Waals surface area contributed by atoms with Gasteiger partial charge in [0.2, 0.25) is 0 Å². The van der Waals surface area contributed by atoms with E-state index in [4.69, 9.17) is 15.1 Å². The highest BCUT2D eigenvalue weighted by Gasteiger charge is 2.35. The smallest absolute Gasteiger partial charge is 0.351 e. The maximum atomic E-state index is 11.7. The van der Waals surface area contributed by atoms with Crippen LogP contribution in [0.5, 0.6) is 0 Å². The number of aliphatic hydroxyl groups excluding tert-OH is 2. The third-order valence-corrected chi connectivity index (χ3v) is 2.88. The first-order valence-corrected chi connectivity index (χ1v) is 5.51. The number of nitrogens with zero attached hydrogens (tertiary/aromatic N) is 2. The minimum Gasteiger partial charge on any atom is -0.394 e. The normalized spacial score (nSPS) is 27.4. The van der Waals surface area contributed by atoms with Gasteiger partial charge in [0, 0.05) is 18.2 Å². The van der Waals surface area contributed by atoms with Gasteiger partial charge < -0.3 is 14.9 Å². The molecule has 3 atom stereocenters. The molecule has 1 aliphatic rings. The van der Waals surface area contributed by atoms with Crippen molar-refractivity contribution in [1.82, 2.24) is 9.55 Å². The minimum absolute atomic E-state index is 0.0578. The Morgan fingerprint density at radius 1 is 1.67 bits per heavy atom. The van der Waals surface area contributed by atoms with Crippen LogP contribution in [0.15, 0.2) is 11.0 Å². The SMILES string of the molecule is Cc1cn([C@@H]2O[C@H](CO)C[C@H]2O)c(=O)nc1NO. The van der Waals surface area contributed by atoms with Gasteiger partial charge in [0.25, 0.3) is 0 Å². The number of hydrogen-bond acceptors (Lipinski definition) is 7. The molecule has 2 rings (SSSR count). The average Bonchev–Trinajstić information content (AvgIpc) is 2.73. The highest BCUT2D eigenvalue weighted by Crippen LogP contribution is 2.27. The molecule has 1 fully saturated rings. The van der Waals surface area contributed by atoms with Gasteiger partial charge in [-0.15, -0.1) is 0 Å². The number of ether oxygens (including phenoxy) is 1. The van der Waals surface area contributed by atoms with Crippen molar-refractivity contribution in [2.75, 3.05) is 12.1 Å². The maximum Gasteiger partial charge on any atom is 0.351 e. The van der Waals surface area contributed by atoms with E-state index >= 15 is 0 Å². The van der Waals surface area contributed by atoms with Crippen LogP contribution in [0.25, 0.3) is 0 Å². The van der Waals surface area contributed by atoms with Crippen LogP contribution >= 0.6 is 0 Å². The second kappa shape index (κ2) is 5.02. The summed E-state index contributed by atoms with van der Waals surface area (Å²) in [4.78, 5) is 15.3. The first-order valence-electron chi connectivity index (χ1n) is 5.51. The van der Waals surface area contributed by atoms with Crippen LogP contribution in [0, 0.1) is 6.92 Å². The molecular weight excluding hydrogens is 242 g/mol. The summed E-state index contributed by atoms with van der Waals surface area (Å²) in [7, 11) is 0. The summed E-state index contributed by atoms with van der Waals surface area (Å²) < 4.78 is 6.51. The zero-order chi connectivity index (χ0) is 13.3. The summed E-state index contributed by atoms with van der Waals surface area (Å²) in [6.07, 6.45) is -0.552. The van der Waals surface area contributed by atoms with Gasteiger partial charge in [0.15, 0.2) is 12.0 Å². The number of anilines is 1. The van der Waals surface area contributed by atoms with Gasteiger partial charge in [-0.05, 0) is 6.92 Å². The first kappa shape index (κ1) is 13.0. The Morgan fingerprint density at radius 2 is 2.39 bits per heavy atom. The van der Waals surface area contributed by atoms with Gasteiger partial charge in [-0.2, -0.15) is 4.98 Å². The van der Waals surface area contributed by atoms with Crippen LogP contribution in [0.1, 0.15) is 18.2 Å². The Balaban J connectivity index is 2.34. The van der Waals surface area contributed by atoms with Crippen LogP contribution in [0.4, 0.5) is 5.82 Å². The van der Waals surface area contributed by atoms with Crippen molar-refractivity contribution in [3.63, 3.8) is 0 Å². The molecular formula is C10H15N3O5. The number of nitrogens with one attached hydrogen (secondary N) is 1. The van der Waals surface area contributed by atoms with E-state index in [9.17, 15) is 9.90 Å². The maximum absolute atomic E-state index is 11.7. The van der Waals surface area contributed by atoms with Gasteiger partial charge in [-0.1, -0.05) is 0 Å². The molecule has 0 aromatic carbocycles. The summed E-state index contributed by atoms with van der Waals surface area (Å²) in [6.45, 7) is 1.43. The highest BCUT2D eigenvalue weighted by atomic mass is 16.5. The number of aliphatic hydroxyl groups is 2. The zero-order valence-electron chi connectivity index (χ0n) is 9.78. The molecule has 0 radical (unpaired) electrons. The molecule has 2 heterocycles. The second-order valence-electron chi connectivity index (χ2n) is 4.21. The van der Waals surface area contributed by atoms with Crippen molar-refractivity contribution in [3.05, 3.63) is 22.2 Å². The molecule has 18 heavy (non-hydrogen) atoms. The molecule has 0 spiro atoms. The van der Waals surface area contributed by atoms with Crippen LogP contribution in [-0.4, -0.2) is 43.8 Å². The average molecular weight is 257 g/mol. The molecule has 1 saturated heterocycles. The van der Waals surface area contributed by atoms with Crippen LogP contribution in [0.2, 0.25) is 0 Å². The van der Waals surface area contributed by atoms with E-state index in [1.807, 2.05) is 5.48 Å². The zero-order valence-corrected chi connectivity index (χ0v) is 9.78. The summed E-state index contributed by atoms with van der Waals surface area (Å²) in [5.41, 5.74) is 1.69. The quantitative estimate of drug-likeness (QED) is 0.513. The molecule has 0 bridgehead atoms. The van der Waals surface area contributed by atoms with Crippen molar-refractivity contribution >= 4 is 5.82 Å². The number of rotatable bonds is 3. The highest BCUT2D eigenvalue weighted by molar-refractivity contribution is 5.38. The van der Waals surface area contributed by atoms with Gasteiger partial charge in [-0.3, -0.25) is 15.3 Å². The van der Waals surface area contributed by atoms with Crippen LogP contribution in [-0.2, 0) is 4.74 Å². The molecule has 1 aromatic rings. The third kappa shape index (κ3) is 2.23. The van der Waals surface area contributed by atoms with E-state index in [-0.39, 0.29) is 18.8 Å². The van der Waals surface area contributed by atoms with E-state index in [1.54, 1.807) is 6.92 Å². The second-order valence-corrected chi connectivity index (χ2v) is 4.21. The Hall–Kier alpha value is -1.48. The topological polar surface area (TPSA) is 117 Å². The van der Waals surface area contributed by atoms with Crippen molar-refractivity contribution in [1.29, 1.82) is 0 Å². The molecule has 4 N–H and O–H groups in total. The van der Waals surface area contributed by atoms with E-state index in [0.717, 1.165) is 4.57 Å². The van der Waals surface area contributed by atoms with Crippen LogP contribution in [0.3, 0.4) is 0 Å². The van der Waals surface area contributed by atoms with Crippen LogP contribution < -0.4 is 11.2 Å². The van der Waals surface area contributed by atoms with Crippen molar-refractivity contribution in [3.8, 4) is 0 Å². The summed E-state index contributed by atoms with van der Waals surface area (Å²) >= 11 is 0. The predicted molar refractivity (Wildman–Crippen MR) is 60.3 cm³/mol. The molecule has 0 saturated carbocycles. The van der Waals surface area contributed by atoms with E-state index in [1.165, 1.54) is 6.20 Å². The molecule has 100 valence electrons. The van der Waals surface area contributed by atoms with Crippen molar-refractivity contribution in [2.24, 2.45) is 0 Å². The number of aromatic nitrogens is 2. The van der Waals surface area contributed by atoms with Gasteiger partial charge >= 0.3 is 5.69 Å². The Kier molecular flexibility index (Phi) is 3.62. The number of hydrogen-bond donors (Lipinski definition) is 4. The molecule has 8 nitrogen and oxygen atoms in total. The van der Waals surface area contributed by atoms with Gasteiger partial charge in [0.05, 0.1) is 12.7 Å². The lowest BCUT2D eigenvalue weighted by molar-refractivity contribution is -0.0530. The Morgan fingerprint density at radius 3 is 2.94 bits per heavy atom. The summed E-state index contributed by atoms with van der Waals surface area (Å²) in [6, 6.07) is 0. The molecule has 8 heteroatoms. The largest absolute Gasteiger partial charge is 0.394 e. The molecule has 0 aliphatic carbocycles. The Bertz CT molecular complexity index is 489. The van der Waals surface area contributed by atoms with Gasteiger partial charge in [-0.25, -0.2) is 4.79 Å². The number of aryl methyl sites for hydroxylation is 1. The van der Waals surface area contributed by atoms with Crippen molar-refractivity contribution < 1.29 is 20.2 Å². The first-order chi connectivity index (χ1) is 8.56. The standard InChI is InChI=1S/C10H15N3O5/c1-5-3-13(10(16)11-8(5)12-17)9-7(15)2-6(4-14)18-9/h3,6-7,9,14-15,17H,2,4H2,1H3,(H,11,12,16)/t6-,7+,9+/m0/s1. The van der Waals surface area contributed by atoms with E-state index in [2.05, 4.69) is 4.98 Å².